The Morgan fingerprint density at radius 2 is 1.79 bits per heavy atom. The third-order valence-corrected chi connectivity index (χ3v) is 6.12. The van der Waals surface area contributed by atoms with E-state index >= 15 is 0 Å². The van der Waals surface area contributed by atoms with Gasteiger partial charge in [0, 0.05) is 25.2 Å². The van der Waals surface area contributed by atoms with Crippen molar-refractivity contribution in [3.8, 4) is 5.75 Å². The molecule has 0 spiro atoms. The van der Waals surface area contributed by atoms with Crippen LogP contribution in [0.25, 0.3) is 0 Å². The lowest BCUT2D eigenvalue weighted by molar-refractivity contribution is 0.124. The van der Waals surface area contributed by atoms with Crippen LogP contribution in [0, 0.1) is 0 Å². The van der Waals surface area contributed by atoms with Crippen molar-refractivity contribution in [1.29, 1.82) is 0 Å². The molecule has 29 heavy (non-hydrogen) atoms. The number of urea groups is 1. The largest absolute Gasteiger partial charge is 0.497 e. The van der Waals surface area contributed by atoms with Crippen LogP contribution < -0.4 is 10.1 Å². The lowest BCUT2D eigenvalue weighted by Gasteiger charge is -2.41. The van der Waals surface area contributed by atoms with Crippen molar-refractivity contribution in [3.05, 3.63) is 65.7 Å². The Hall–Kier alpha value is -2.53. The van der Waals surface area contributed by atoms with E-state index in [1.807, 2.05) is 17.0 Å². The number of carbonyl (C=O) groups excluding carboxylic acids is 1. The van der Waals surface area contributed by atoms with Crippen molar-refractivity contribution in [1.82, 2.24) is 15.1 Å². The first-order chi connectivity index (χ1) is 14.0. The number of benzene rings is 2. The smallest absolute Gasteiger partial charge is 0.317 e. The molecular formula is C24H33N3O2. The van der Waals surface area contributed by atoms with E-state index in [1.54, 1.807) is 7.11 Å². The first kappa shape index (κ1) is 21.2. The molecule has 156 valence electrons. The van der Waals surface area contributed by atoms with Gasteiger partial charge in [-0.15, -0.1) is 0 Å². The molecule has 1 heterocycles. The number of nitrogens with one attached hydrogen (secondary N) is 1. The van der Waals surface area contributed by atoms with Crippen LogP contribution in [0.1, 0.15) is 30.4 Å². The fourth-order valence-corrected chi connectivity index (χ4v) is 4.29. The summed E-state index contributed by atoms with van der Waals surface area (Å²) >= 11 is 0. The zero-order chi connectivity index (χ0) is 20.7. The summed E-state index contributed by atoms with van der Waals surface area (Å²) in [5, 5.41) is 3.15. The summed E-state index contributed by atoms with van der Waals surface area (Å²) in [6, 6.07) is 18.8. The number of rotatable bonds is 6. The van der Waals surface area contributed by atoms with Gasteiger partial charge in [0.25, 0.3) is 0 Å². The molecule has 0 aromatic heterocycles. The Morgan fingerprint density at radius 1 is 1.07 bits per heavy atom. The SMILES string of the molecule is COc1ccc(CCN2CCC[C@](c3ccccc3)(N(C)C)CCNC2=O)cc1. The van der Waals surface area contributed by atoms with E-state index in [2.05, 4.69) is 66.8 Å². The van der Waals surface area contributed by atoms with Crippen LogP contribution in [0.4, 0.5) is 4.79 Å². The van der Waals surface area contributed by atoms with Gasteiger partial charge in [0.15, 0.2) is 0 Å². The van der Waals surface area contributed by atoms with Crippen molar-refractivity contribution in [2.24, 2.45) is 0 Å². The average Bonchev–Trinajstić information content (AvgIpc) is 2.83. The van der Waals surface area contributed by atoms with Crippen LogP contribution in [0.2, 0.25) is 0 Å². The molecule has 0 radical (unpaired) electrons. The normalized spacial score (nSPS) is 20.6. The van der Waals surface area contributed by atoms with Gasteiger partial charge in [0.2, 0.25) is 0 Å². The van der Waals surface area contributed by atoms with Crippen LogP contribution in [-0.4, -0.2) is 56.7 Å². The highest BCUT2D eigenvalue weighted by molar-refractivity contribution is 5.74. The molecule has 1 atom stereocenters. The van der Waals surface area contributed by atoms with E-state index in [0.717, 1.165) is 44.5 Å². The molecule has 2 aromatic rings. The second kappa shape index (κ2) is 9.79. The highest BCUT2D eigenvalue weighted by Gasteiger charge is 2.35. The highest BCUT2D eigenvalue weighted by Crippen LogP contribution is 2.35. The lowest BCUT2D eigenvalue weighted by atomic mass is 9.81. The first-order valence-corrected chi connectivity index (χ1v) is 10.4. The van der Waals surface area contributed by atoms with Gasteiger partial charge < -0.3 is 15.0 Å². The Morgan fingerprint density at radius 3 is 2.45 bits per heavy atom. The molecule has 2 aromatic carbocycles. The minimum Gasteiger partial charge on any atom is -0.497 e. The standard InChI is InChI=1S/C24H33N3O2/c1-26(2)24(21-8-5-4-6-9-21)15-7-18-27(23(28)25-17-16-24)19-14-20-10-12-22(29-3)13-11-20/h4-6,8-13H,7,14-19H2,1-3H3,(H,25,28)/t24-/m0/s1. The van der Waals surface area contributed by atoms with Crippen molar-refractivity contribution in [2.45, 2.75) is 31.2 Å². The second-order valence-corrected chi connectivity index (χ2v) is 7.96. The third-order valence-electron chi connectivity index (χ3n) is 6.12. The Balaban J connectivity index is 1.67. The average molecular weight is 396 g/mol. The molecule has 1 aliphatic heterocycles. The predicted molar refractivity (Wildman–Crippen MR) is 117 cm³/mol. The summed E-state index contributed by atoms with van der Waals surface area (Å²) in [7, 11) is 5.97. The molecule has 1 saturated heterocycles. The van der Waals surface area contributed by atoms with Gasteiger partial charge in [-0.25, -0.2) is 4.79 Å². The van der Waals surface area contributed by atoms with Crippen molar-refractivity contribution < 1.29 is 9.53 Å². The zero-order valence-corrected chi connectivity index (χ0v) is 17.9. The zero-order valence-electron chi connectivity index (χ0n) is 17.9. The minimum atomic E-state index is -0.0550. The molecule has 0 bridgehead atoms. The van der Waals surface area contributed by atoms with E-state index in [0.29, 0.717) is 6.54 Å². The highest BCUT2D eigenvalue weighted by atomic mass is 16.5. The number of carbonyl (C=O) groups is 1. The first-order valence-electron chi connectivity index (χ1n) is 10.4. The molecule has 5 heteroatoms. The Kier molecular flexibility index (Phi) is 7.15. The number of methoxy groups -OCH3 is 1. The van der Waals surface area contributed by atoms with E-state index in [9.17, 15) is 4.79 Å². The maximum atomic E-state index is 12.7. The molecule has 3 rings (SSSR count). The number of amides is 2. The fraction of sp³-hybridized carbons (Fsp3) is 0.458. The third kappa shape index (κ3) is 5.10. The van der Waals surface area contributed by atoms with Gasteiger partial charge in [-0.1, -0.05) is 42.5 Å². The van der Waals surface area contributed by atoms with Crippen LogP contribution in [-0.2, 0) is 12.0 Å². The van der Waals surface area contributed by atoms with E-state index in [1.165, 1.54) is 11.1 Å². The Labute approximate surface area is 174 Å². The van der Waals surface area contributed by atoms with Crippen LogP contribution >= 0.6 is 0 Å². The lowest BCUT2D eigenvalue weighted by Crippen LogP contribution is -2.44. The van der Waals surface area contributed by atoms with Gasteiger partial charge >= 0.3 is 6.03 Å². The van der Waals surface area contributed by atoms with Crippen LogP contribution in [0.3, 0.4) is 0 Å². The topological polar surface area (TPSA) is 44.8 Å². The summed E-state index contributed by atoms with van der Waals surface area (Å²) in [5.74, 6) is 0.857. The van der Waals surface area contributed by atoms with Crippen LogP contribution in [0.5, 0.6) is 5.75 Å². The molecule has 1 aliphatic rings. The predicted octanol–water partition coefficient (Wildman–Crippen LogP) is 3.89. The quantitative estimate of drug-likeness (QED) is 0.807. The van der Waals surface area contributed by atoms with Gasteiger partial charge in [0.1, 0.15) is 5.75 Å². The van der Waals surface area contributed by atoms with Crippen molar-refractivity contribution in [3.63, 3.8) is 0 Å². The van der Waals surface area contributed by atoms with Gasteiger partial charge in [-0.3, -0.25) is 4.90 Å². The fourth-order valence-electron chi connectivity index (χ4n) is 4.29. The number of nitrogens with zero attached hydrogens (tertiary/aromatic N) is 2. The molecule has 0 unspecified atom stereocenters. The summed E-state index contributed by atoms with van der Waals surface area (Å²) in [5.41, 5.74) is 2.48. The monoisotopic (exact) mass is 395 g/mol. The van der Waals surface area contributed by atoms with Gasteiger partial charge in [-0.05, 0) is 63.0 Å². The Bertz CT molecular complexity index is 776. The second-order valence-electron chi connectivity index (χ2n) is 7.96. The summed E-state index contributed by atoms with van der Waals surface area (Å²) < 4.78 is 5.22. The van der Waals surface area contributed by atoms with E-state index in [4.69, 9.17) is 4.74 Å². The van der Waals surface area contributed by atoms with Gasteiger partial charge in [-0.2, -0.15) is 0 Å². The summed E-state index contributed by atoms with van der Waals surface area (Å²) in [6.07, 6.45) is 3.75. The van der Waals surface area contributed by atoms with Crippen LogP contribution in [0.15, 0.2) is 54.6 Å². The van der Waals surface area contributed by atoms with Crippen molar-refractivity contribution >= 4 is 6.03 Å². The minimum absolute atomic E-state index is 0.0427. The molecule has 0 aliphatic carbocycles. The molecule has 0 saturated carbocycles. The molecular weight excluding hydrogens is 362 g/mol. The number of ether oxygens (including phenoxy) is 1. The van der Waals surface area contributed by atoms with E-state index in [-0.39, 0.29) is 11.6 Å². The van der Waals surface area contributed by atoms with Gasteiger partial charge in [0.05, 0.1) is 7.11 Å². The van der Waals surface area contributed by atoms with Crippen molar-refractivity contribution in [2.75, 3.05) is 40.8 Å². The van der Waals surface area contributed by atoms with E-state index < -0.39 is 0 Å². The summed E-state index contributed by atoms with van der Waals surface area (Å²) in [4.78, 5) is 17.0. The molecule has 5 nitrogen and oxygen atoms in total. The number of hydrogen-bond donors (Lipinski definition) is 1. The maximum absolute atomic E-state index is 12.7. The summed E-state index contributed by atoms with van der Waals surface area (Å²) in [6.45, 7) is 2.16. The molecule has 1 N–H and O–H groups in total. The number of hydrogen-bond acceptors (Lipinski definition) is 3. The molecule has 1 fully saturated rings. The maximum Gasteiger partial charge on any atom is 0.317 e. The molecule has 2 amide bonds.